The fourth-order valence-corrected chi connectivity index (χ4v) is 1.79. The van der Waals surface area contributed by atoms with Crippen LogP contribution in [0.25, 0.3) is 0 Å². The van der Waals surface area contributed by atoms with Gasteiger partial charge in [0.15, 0.2) is 0 Å². The summed E-state index contributed by atoms with van der Waals surface area (Å²) in [5, 5.41) is 10.1. The lowest BCUT2D eigenvalue weighted by Crippen LogP contribution is -2.37. The van der Waals surface area contributed by atoms with Gasteiger partial charge in [-0.1, -0.05) is 20.3 Å². The summed E-state index contributed by atoms with van der Waals surface area (Å²) in [4.78, 5) is 0. The van der Waals surface area contributed by atoms with E-state index in [0.717, 1.165) is 19.3 Å². The van der Waals surface area contributed by atoms with Gasteiger partial charge in [-0.25, -0.2) is 0 Å². The second-order valence-corrected chi connectivity index (χ2v) is 4.08. The monoisotopic (exact) mass is 172 g/mol. The molecule has 1 rings (SSSR count). The SMILES string of the molecule is CCC(C)CC1(O)CCOC1C. The first-order valence-corrected chi connectivity index (χ1v) is 4.92. The standard InChI is InChI=1S/C10H20O2/c1-4-8(2)7-10(11)5-6-12-9(10)3/h8-9,11H,4-7H2,1-3H3. The number of ether oxygens (including phenoxy) is 1. The smallest absolute Gasteiger partial charge is 0.0929 e. The van der Waals surface area contributed by atoms with Gasteiger partial charge in [-0.2, -0.15) is 0 Å². The van der Waals surface area contributed by atoms with Crippen molar-refractivity contribution in [3.05, 3.63) is 0 Å². The van der Waals surface area contributed by atoms with Crippen molar-refractivity contribution in [2.24, 2.45) is 5.92 Å². The average Bonchev–Trinajstić information content (AvgIpc) is 2.32. The van der Waals surface area contributed by atoms with Gasteiger partial charge in [0, 0.05) is 13.0 Å². The van der Waals surface area contributed by atoms with E-state index >= 15 is 0 Å². The molecule has 3 atom stereocenters. The van der Waals surface area contributed by atoms with Gasteiger partial charge in [-0.3, -0.25) is 0 Å². The average molecular weight is 172 g/mol. The van der Waals surface area contributed by atoms with Crippen LogP contribution in [0.5, 0.6) is 0 Å². The molecule has 0 bridgehead atoms. The van der Waals surface area contributed by atoms with Crippen molar-refractivity contribution < 1.29 is 9.84 Å². The molecule has 2 nitrogen and oxygen atoms in total. The largest absolute Gasteiger partial charge is 0.387 e. The van der Waals surface area contributed by atoms with Crippen LogP contribution < -0.4 is 0 Å². The maximum absolute atomic E-state index is 10.1. The summed E-state index contributed by atoms with van der Waals surface area (Å²) in [5.74, 6) is 0.596. The third-order valence-corrected chi connectivity index (χ3v) is 3.06. The summed E-state index contributed by atoms with van der Waals surface area (Å²) >= 11 is 0. The molecular formula is C10H20O2. The van der Waals surface area contributed by atoms with E-state index in [2.05, 4.69) is 13.8 Å². The van der Waals surface area contributed by atoms with Crippen molar-refractivity contribution in [2.45, 2.75) is 51.7 Å². The van der Waals surface area contributed by atoms with Crippen molar-refractivity contribution in [1.82, 2.24) is 0 Å². The Labute approximate surface area is 74.9 Å². The van der Waals surface area contributed by atoms with Gasteiger partial charge in [0.25, 0.3) is 0 Å². The lowest BCUT2D eigenvalue weighted by molar-refractivity contribution is -0.0422. The van der Waals surface area contributed by atoms with Crippen molar-refractivity contribution >= 4 is 0 Å². The van der Waals surface area contributed by atoms with Crippen LogP contribution >= 0.6 is 0 Å². The molecule has 1 aliphatic rings. The summed E-state index contributed by atoms with van der Waals surface area (Å²) in [6.45, 7) is 7.03. The Bertz CT molecular complexity index is 147. The first-order valence-electron chi connectivity index (χ1n) is 4.92. The molecule has 1 fully saturated rings. The van der Waals surface area contributed by atoms with Crippen LogP contribution in [0.4, 0.5) is 0 Å². The van der Waals surface area contributed by atoms with Crippen molar-refractivity contribution in [2.75, 3.05) is 6.61 Å². The molecule has 0 aromatic heterocycles. The summed E-state index contributed by atoms with van der Waals surface area (Å²) in [5.41, 5.74) is -0.546. The van der Waals surface area contributed by atoms with Gasteiger partial charge in [-0.15, -0.1) is 0 Å². The molecule has 1 heterocycles. The third kappa shape index (κ3) is 1.99. The second kappa shape index (κ2) is 3.75. The molecule has 0 radical (unpaired) electrons. The lowest BCUT2D eigenvalue weighted by Gasteiger charge is -2.28. The topological polar surface area (TPSA) is 29.5 Å². The Morgan fingerprint density at radius 3 is 2.75 bits per heavy atom. The van der Waals surface area contributed by atoms with Crippen molar-refractivity contribution in [3.63, 3.8) is 0 Å². The molecule has 0 spiro atoms. The molecule has 1 N–H and O–H groups in total. The molecule has 2 heteroatoms. The highest BCUT2D eigenvalue weighted by Gasteiger charge is 2.39. The maximum atomic E-state index is 10.1. The van der Waals surface area contributed by atoms with Gasteiger partial charge in [0.05, 0.1) is 11.7 Å². The highest BCUT2D eigenvalue weighted by atomic mass is 16.5. The summed E-state index contributed by atoms with van der Waals surface area (Å²) in [6.07, 6.45) is 2.84. The molecule has 0 aromatic carbocycles. The molecular weight excluding hydrogens is 152 g/mol. The van der Waals surface area contributed by atoms with Crippen molar-refractivity contribution in [3.8, 4) is 0 Å². The van der Waals surface area contributed by atoms with Crippen LogP contribution in [0.2, 0.25) is 0 Å². The van der Waals surface area contributed by atoms with E-state index in [-0.39, 0.29) is 6.10 Å². The van der Waals surface area contributed by atoms with E-state index in [1.54, 1.807) is 0 Å². The van der Waals surface area contributed by atoms with Crippen LogP contribution in [0.15, 0.2) is 0 Å². The first kappa shape index (κ1) is 10.0. The van der Waals surface area contributed by atoms with Crippen LogP contribution in [-0.2, 0) is 4.74 Å². The fraction of sp³-hybridized carbons (Fsp3) is 1.00. The van der Waals surface area contributed by atoms with Crippen molar-refractivity contribution in [1.29, 1.82) is 0 Å². The normalized spacial score (nSPS) is 38.5. The highest BCUT2D eigenvalue weighted by Crippen LogP contribution is 2.32. The Morgan fingerprint density at radius 2 is 2.33 bits per heavy atom. The zero-order chi connectivity index (χ0) is 9.19. The highest BCUT2D eigenvalue weighted by molar-refractivity contribution is 4.90. The first-order chi connectivity index (χ1) is 5.58. The molecule has 0 aromatic rings. The van der Waals surface area contributed by atoms with Crippen LogP contribution in [0.1, 0.15) is 40.0 Å². The number of hydrogen-bond donors (Lipinski definition) is 1. The van der Waals surface area contributed by atoms with E-state index in [1.165, 1.54) is 0 Å². The minimum absolute atomic E-state index is 0.0199. The maximum Gasteiger partial charge on any atom is 0.0929 e. The minimum atomic E-state index is -0.546. The van der Waals surface area contributed by atoms with E-state index in [0.29, 0.717) is 12.5 Å². The second-order valence-electron chi connectivity index (χ2n) is 4.08. The van der Waals surface area contributed by atoms with E-state index < -0.39 is 5.60 Å². The number of rotatable bonds is 3. The van der Waals surface area contributed by atoms with Crippen LogP contribution in [0, 0.1) is 5.92 Å². The van der Waals surface area contributed by atoms with Gasteiger partial charge in [0.1, 0.15) is 0 Å². The zero-order valence-electron chi connectivity index (χ0n) is 8.34. The number of hydrogen-bond acceptors (Lipinski definition) is 2. The Morgan fingerprint density at radius 1 is 1.67 bits per heavy atom. The van der Waals surface area contributed by atoms with Gasteiger partial charge >= 0.3 is 0 Å². The van der Waals surface area contributed by atoms with E-state index in [1.807, 2.05) is 6.92 Å². The molecule has 0 aliphatic carbocycles. The third-order valence-electron chi connectivity index (χ3n) is 3.06. The van der Waals surface area contributed by atoms with Crippen LogP contribution in [-0.4, -0.2) is 23.4 Å². The molecule has 3 unspecified atom stereocenters. The lowest BCUT2D eigenvalue weighted by atomic mass is 9.85. The Kier molecular flexibility index (Phi) is 3.13. The molecule has 72 valence electrons. The van der Waals surface area contributed by atoms with E-state index in [4.69, 9.17) is 4.74 Å². The number of aliphatic hydroxyl groups is 1. The fourth-order valence-electron chi connectivity index (χ4n) is 1.79. The zero-order valence-corrected chi connectivity index (χ0v) is 8.34. The minimum Gasteiger partial charge on any atom is -0.387 e. The summed E-state index contributed by atoms with van der Waals surface area (Å²) < 4.78 is 5.36. The van der Waals surface area contributed by atoms with Crippen LogP contribution in [0.3, 0.4) is 0 Å². The Hall–Kier alpha value is -0.0800. The Balaban J connectivity index is 2.47. The quantitative estimate of drug-likeness (QED) is 0.705. The predicted molar refractivity (Wildman–Crippen MR) is 49.1 cm³/mol. The van der Waals surface area contributed by atoms with E-state index in [9.17, 15) is 5.11 Å². The predicted octanol–water partition coefficient (Wildman–Crippen LogP) is 1.96. The molecule has 12 heavy (non-hydrogen) atoms. The summed E-state index contributed by atoms with van der Waals surface area (Å²) in [6, 6.07) is 0. The van der Waals surface area contributed by atoms with Gasteiger partial charge in [-0.05, 0) is 19.3 Å². The molecule has 0 saturated carbocycles. The van der Waals surface area contributed by atoms with Gasteiger partial charge < -0.3 is 9.84 Å². The van der Waals surface area contributed by atoms with Gasteiger partial charge in [0.2, 0.25) is 0 Å². The molecule has 0 amide bonds. The molecule has 1 saturated heterocycles. The summed E-state index contributed by atoms with van der Waals surface area (Å²) in [7, 11) is 0. The molecule has 1 aliphatic heterocycles.